The fourth-order valence-electron chi connectivity index (χ4n) is 1.93. The van der Waals surface area contributed by atoms with Crippen LogP contribution in [0.4, 0.5) is 0 Å². The Morgan fingerprint density at radius 3 is 2.50 bits per heavy atom. The van der Waals surface area contributed by atoms with Crippen LogP contribution < -0.4 is 0 Å². The van der Waals surface area contributed by atoms with Crippen LogP contribution in [0.5, 0.6) is 0 Å². The number of rotatable bonds is 2. The Balaban J connectivity index is 1.92. The van der Waals surface area contributed by atoms with Gasteiger partial charge in [0.05, 0.1) is 5.57 Å². The van der Waals surface area contributed by atoms with Crippen molar-refractivity contribution >= 4 is 33.7 Å². The molecule has 0 amide bonds. The van der Waals surface area contributed by atoms with Crippen molar-refractivity contribution in [1.82, 2.24) is 0 Å². The summed E-state index contributed by atoms with van der Waals surface area (Å²) in [6.45, 7) is 1.86. The Hall–Kier alpha value is -2.07. The van der Waals surface area contributed by atoms with E-state index in [1.807, 2.05) is 43.3 Å². The minimum atomic E-state index is -0.364. The van der Waals surface area contributed by atoms with E-state index in [2.05, 4.69) is 15.9 Å². The third kappa shape index (κ3) is 2.60. The summed E-state index contributed by atoms with van der Waals surface area (Å²) in [5.41, 5.74) is 1.35. The number of hydrogen-bond donors (Lipinski definition) is 0. The standard InChI is InChI=1S/C16H11BrO3/c1-10-2-7-14(19-10)8-12-9-15(20-16(12)18)11-3-5-13(17)6-4-11/h2-9H,1H3/b12-8-. The van der Waals surface area contributed by atoms with E-state index in [1.54, 1.807) is 12.2 Å². The lowest BCUT2D eigenvalue weighted by Gasteiger charge is -2.01. The van der Waals surface area contributed by atoms with Crippen LogP contribution in [0.15, 0.2) is 56.9 Å². The van der Waals surface area contributed by atoms with Gasteiger partial charge in [-0.25, -0.2) is 4.79 Å². The number of benzene rings is 1. The van der Waals surface area contributed by atoms with E-state index in [4.69, 9.17) is 9.15 Å². The van der Waals surface area contributed by atoms with Crippen molar-refractivity contribution < 1.29 is 13.9 Å². The summed E-state index contributed by atoms with van der Waals surface area (Å²) in [5.74, 6) is 1.64. The second kappa shape index (κ2) is 5.13. The zero-order valence-corrected chi connectivity index (χ0v) is 12.3. The summed E-state index contributed by atoms with van der Waals surface area (Å²) in [6.07, 6.45) is 3.41. The molecule has 0 N–H and O–H groups in total. The first-order valence-corrected chi connectivity index (χ1v) is 6.89. The lowest BCUT2D eigenvalue weighted by molar-refractivity contribution is -0.130. The molecule has 3 nitrogen and oxygen atoms in total. The molecule has 2 aromatic rings. The minimum Gasteiger partial charge on any atom is -0.462 e. The molecule has 0 radical (unpaired) electrons. The van der Waals surface area contributed by atoms with Gasteiger partial charge in [-0.2, -0.15) is 0 Å². The van der Waals surface area contributed by atoms with E-state index in [-0.39, 0.29) is 5.97 Å². The van der Waals surface area contributed by atoms with Crippen LogP contribution in [-0.2, 0) is 9.53 Å². The van der Waals surface area contributed by atoms with E-state index in [0.717, 1.165) is 15.8 Å². The number of furan rings is 1. The van der Waals surface area contributed by atoms with Crippen LogP contribution in [0.2, 0.25) is 0 Å². The van der Waals surface area contributed by atoms with Gasteiger partial charge in [0.15, 0.2) is 0 Å². The van der Waals surface area contributed by atoms with Crippen molar-refractivity contribution in [3.63, 3.8) is 0 Å². The molecule has 0 fully saturated rings. The van der Waals surface area contributed by atoms with Crippen molar-refractivity contribution in [2.45, 2.75) is 6.92 Å². The van der Waals surface area contributed by atoms with E-state index in [0.29, 0.717) is 17.1 Å². The highest BCUT2D eigenvalue weighted by Gasteiger charge is 2.22. The van der Waals surface area contributed by atoms with Crippen LogP contribution in [0, 0.1) is 6.92 Å². The molecule has 0 spiro atoms. The molecule has 0 atom stereocenters. The predicted octanol–water partition coefficient (Wildman–Crippen LogP) is 4.33. The molecule has 20 heavy (non-hydrogen) atoms. The van der Waals surface area contributed by atoms with E-state index in [9.17, 15) is 4.79 Å². The molecule has 0 bridgehead atoms. The first kappa shape index (κ1) is 12.9. The summed E-state index contributed by atoms with van der Waals surface area (Å²) >= 11 is 3.37. The second-order valence-electron chi connectivity index (χ2n) is 4.45. The number of esters is 1. The van der Waals surface area contributed by atoms with E-state index >= 15 is 0 Å². The number of carbonyl (C=O) groups excluding carboxylic acids is 1. The highest BCUT2D eigenvalue weighted by molar-refractivity contribution is 9.10. The summed E-state index contributed by atoms with van der Waals surface area (Å²) in [4.78, 5) is 11.8. The Morgan fingerprint density at radius 2 is 1.85 bits per heavy atom. The summed E-state index contributed by atoms with van der Waals surface area (Å²) in [5, 5.41) is 0. The summed E-state index contributed by atoms with van der Waals surface area (Å²) < 4.78 is 11.7. The molecule has 2 heterocycles. The van der Waals surface area contributed by atoms with Crippen LogP contribution in [-0.4, -0.2) is 5.97 Å². The van der Waals surface area contributed by atoms with Gasteiger partial charge in [-0.3, -0.25) is 0 Å². The Labute approximate surface area is 124 Å². The maximum atomic E-state index is 11.8. The van der Waals surface area contributed by atoms with Gasteiger partial charge >= 0.3 is 5.97 Å². The smallest absolute Gasteiger partial charge is 0.343 e. The minimum absolute atomic E-state index is 0.364. The van der Waals surface area contributed by atoms with Crippen LogP contribution >= 0.6 is 15.9 Å². The van der Waals surface area contributed by atoms with Gasteiger partial charge < -0.3 is 9.15 Å². The van der Waals surface area contributed by atoms with Gasteiger partial charge in [-0.1, -0.05) is 28.1 Å². The fraction of sp³-hybridized carbons (Fsp3) is 0.0625. The van der Waals surface area contributed by atoms with Crippen LogP contribution in [0.3, 0.4) is 0 Å². The van der Waals surface area contributed by atoms with E-state index < -0.39 is 0 Å². The topological polar surface area (TPSA) is 39.4 Å². The molecular weight excluding hydrogens is 320 g/mol. The highest BCUT2D eigenvalue weighted by Crippen LogP contribution is 2.28. The van der Waals surface area contributed by atoms with Crippen molar-refractivity contribution in [1.29, 1.82) is 0 Å². The number of ether oxygens (including phenoxy) is 1. The summed E-state index contributed by atoms with van der Waals surface area (Å²) in [6, 6.07) is 11.3. The molecule has 1 aliphatic heterocycles. The predicted molar refractivity (Wildman–Crippen MR) is 79.6 cm³/mol. The number of carbonyl (C=O) groups is 1. The van der Waals surface area contributed by atoms with Crippen LogP contribution in [0.1, 0.15) is 17.1 Å². The normalized spacial score (nSPS) is 16.4. The molecule has 100 valence electrons. The largest absolute Gasteiger partial charge is 0.462 e. The third-order valence-corrected chi connectivity index (χ3v) is 3.44. The first-order valence-electron chi connectivity index (χ1n) is 6.10. The van der Waals surface area contributed by atoms with Gasteiger partial charge in [0.25, 0.3) is 0 Å². The average molecular weight is 331 g/mol. The molecule has 3 rings (SSSR count). The van der Waals surface area contributed by atoms with Gasteiger partial charge in [-0.05, 0) is 43.3 Å². The van der Waals surface area contributed by atoms with Crippen molar-refractivity contribution in [3.8, 4) is 0 Å². The summed E-state index contributed by atoms with van der Waals surface area (Å²) in [7, 11) is 0. The van der Waals surface area contributed by atoms with Gasteiger partial charge in [0.1, 0.15) is 17.3 Å². The molecule has 0 saturated heterocycles. The Kier molecular flexibility index (Phi) is 3.32. The molecule has 1 aromatic carbocycles. The Bertz CT molecular complexity index is 720. The van der Waals surface area contributed by atoms with Crippen LogP contribution in [0.25, 0.3) is 11.8 Å². The van der Waals surface area contributed by atoms with E-state index in [1.165, 1.54) is 0 Å². The number of hydrogen-bond acceptors (Lipinski definition) is 3. The lowest BCUT2D eigenvalue weighted by atomic mass is 10.1. The van der Waals surface area contributed by atoms with Gasteiger partial charge in [0, 0.05) is 10.0 Å². The monoisotopic (exact) mass is 330 g/mol. The third-order valence-electron chi connectivity index (χ3n) is 2.91. The zero-order chi connectivity index (χ0) is 14.1. The van der Waals surface area contributed by atoms with Crippen molar-refractivity contribution in [2.24, 2.45) is 0 Å². The molecule has 4 heteroatoms. The maximum absolute atomic E-state index is 11.8. The van der Waals surface area contributed by atoms with Gasteiger partial charge in [0.2, 0.25) is 0 Å². The number of halogens is 1. The average Bonchev–Trinajstić information content (AvgIpc) is 2.98. The molecule has 0 aliphatic carbocycles. The first-order chi connectivity index (χ1) is 9.61. The molecule has 1 aromatic heterocycles. The fourth-order valence-corrected chi connectivity index (χ4v) is 2.19. The number of cyclic esters (lactones) is 1. The van der Waals surface area contributed by atoms with Crippen molar-refractivity contribution in [2.75, 3.05) is 0 Å². The van der Waals surface area contributed by atoms with Crippen molar-refractivity contribution in [3.05, 3.63) is 69.6 Å². The SMILES string of the molecule is Cc1ccc(/C=C2/C=C(c3ccc(Br)cc3)OC2=O)o1. The maximum Gasteiger partial charge on any atom is 0.343 e. The lowest BCUT2D eigenvalue weighted by Crippen LogP contribution is -1.96. The number of aryl methyl sites for hydroxylation is 1. The second-order valence-corrected chi connectivity index (χ2v) is 5.37. The zero-order valence-electron chi connectivity index (χ0n) is 10.7. The molecule has 0 unspecified atom stereocenters. The molecule has 0 saturated carbocycles. The molecule has 1 aliphatic rings. The Morgan fingerprint density at radius 1 is 1.10 bits per heavy atom. The van der Waals surface area contributed by atoms with Gasteiger partial charge in [-0.15, -0.1) is 0 Å². The highest BCUT2D eigenvalue weighted by atomic mass is 79.9. The molecular formula is C16H11BrO3. The quantitative estimate of drug-likeness (QED) is 0.607.